The minimum absolute atomic E-state index is 0.265. The van der Waals surface area contributed by atoms with Gasteiger partial charge in [-0.2, -0.15) is 12.6 Å². The average Bonchev–Trinajstić information content (AvgIpc) is 2.66. The number of aliphatic carboxylic acids is 2. The van der Waals surface area contributed by atoms with Gasteiger partial charge in [-0.25, -0.2) is 4.79 Å². The first-order chi connectivity index (χ1) is 14.3. The van der Waals surface area contributed by atoms with Crippen LogP contribution in [0.4, 0.5) is 0 Å². The lowest BCUT2D eigenvalue weighted by atomic mass is 10.0. The van der Waals surface area contributed by atoms with Crippen LogP contribution in [0.15, 0.2) is 0 Å². The molecule has 0 aliphatic heterocycles. The molecule has 0 saturated heterocycles. The van der Waals surface area contributed by atoms with Crippen molar-refractivity contribution in [2.24, 2.45) is 17.4 Å². The van der Waals surface area contributed by atoms with Gasteiger partial charge in [-0.05, 0) is 12.3 Å². The second-order valence-corrected chi connectivity index (χ2v) is 7.44. The molecule has 9 N–H and O–H groups in total. The van der Waals surface area contributed by atoms with Crippen LogP contribution in [-0.2, 0) is 28.8 Å². The topological polar surface area (TPSA) is 231 Å². The van der Waals surface area contributed by atoms with E-state index in [0.717, 1.165) is 0 Å². The van der Waals surface area contributed by atoms with E-state index in [0.29, 0.717) is 0 Å². The Balaban J connectivity index is 5.26. The average molecular weight is 464 g/mol. The number of carboxylic acids is 2. The Hall–Kier alpha value is -2.87. The molecule has 0 bridgehead atoms. The van der Waals surface area contributed by atoms with Gasteiger partial charge in [0.1, 0.15) is 18.1 Å². The summed E-state index contributed by atoms with van der Waals surface area (Å²) < 4.78 is 0. The number of hydrogen-bond donors (Lipinski definition) is 8. The maximum absolute atomic E-state index is 12.5. The number of carbonyl (C=O) groups is 6. The number of carbonyl (C=O) groups excluding carboxylic acids is 4. The Kier molecular flexibility index (Phi) is 12.2. The lowest BCUT2D eigenvalue weighted by Crippen LogP contribution is -2.58. The normalized spacial score (nSPS) is 14.6. The highest BCUT2D eigenvalue weighted by Crippen LogP contribution is 2.03. The largest absolute Gasteiger partial charge is 0.481 e. The van der Waals surface area contributed by atoms with E-state index in [1.165, 1.54) is 0 Å². The molecule has 176 valence electrons. The van der Waals surface area contributed by atoms with Crippen LogP contribution in [0.2, 0.25) is 0 Å². The zero-order chi connectivity index (χ0) is 24.3. The van der Waals surface area contributed by atoms with Gasteiger partial charge in [0, 0.05) is 12.2 Å². The summed E-state index contributed by atoms with van der Waals surface area (Å²) in [6.45, 7) is 3.32. The van der Waals surface area contributed by atoms with Crippen LogP contribution in [0.3, 0.4) is 0 Å². The van der Waals surface area contributed by atoms with Crippen molar-refractivity contribution < 1.29 is 39.0 Å². The number of carboxylic acid groups (broad SMARTS) is 2. The van der Waals surface area contributed by atoms with Crippen LogP contribution in [0.25, 0.3) is 0 Å². The van der Waals surface area contributed by atoms with Crippen molar-refractivity contribution in [3.8, 4) is 0 Å². The van der Waals surface area contributed by atoms with Crippen molar-refractivity contribution in [2.45, 2.75) is 57.3 Å². The highest BCUT2D eigenvalue weighted by molar-refractivity contribution is 7.80. The van der Waals surface area contributed by atoms with Crippen molar-refractivity contribution in [3.05, 3.63) is 0 Å². The van der Waals surface area contributed by atoms with E-state index in [-0.39, 0.29) is 24.5 Å². The van der Waals surface area contributed by atoms with Crippen molar-refractivity contribution in [2.75, 3.05) is 5.75 Å². The molecular formula is C17H29N5O8S. The fourth-order valence-corrected chi connectivity index (χ4v) is 2.49. The molecule has 0 aromatic rings. The second-order valence-electron chi connectivity index (χ2n) is 7.08. The summed E-state index contributed by atoms with van der Waals surface area (Å²) in [5, 5.41) is 24.8. The number of thiol groups is 1. The van der Waals surface area contributed by atoms with E-state index in [1.807, 2.05) is 0 Å². The first-order valence-electron chi connectivity index (χ1n) is 9.30. The smallest absolute Gasteiger partial charge is 0.326 e. The summed E-state index contributed by atoms with van der Waals surface area (Å²) in [5.41, 5.74) is 10.7. The van der Waals surface area contributed by atoms with Gasteiger partial charge in [0.2, 0.25) is 23.6 Å². The predicted molar refractivity (Wildman–Crippen MR) is 111 cm³/mol. The van der Waals surface area contributed by atoms with Crippen LogP contribution < -0.4 is 27.4 Å². The van der Waals surface area contributed by atoms with Gasteiger partial charge in [-0.3, -0.25) is 24.0 Å². The van der Waals surface area contributed by atoms with E-state index in [1.54, 1.807) is 13.8 Å². The van der Waals surface area contributed by atoms with Crippen molar-refractivity contribution >= 4 is 48.2 Å². The molecule has 0 spiro atoms. The molecule has 0 fully saturated rings. The number of rotatable bonds is 14. The van der Waals surface area contributed by atoms with Crippen molar-refractivity contribution in [3.63, 3.8) is 0 Å². The summed E-state index contributed by atoms with van der Waals surface area (Å²) in [6.07, 6.45) is -1.34. The second kappa shape index (κ2) is 13.4. The Labute approximate surface area is 184 Å². The van der Waals surface area contributed by atoms with Gasteiger partial charge in [0.15, 0.2) is 0 Å². The Morgan fingerprint density at radius 3 is 1.77 bits per heavy atom. The maximum Gasteiger partial charge on any atom is 0.326 e. The van der Waals surface area contributed by atoms with Gasteiger partial charge in [0.25, 0.3) is 0 Å². The fourth-order valence-electron chi connectivity index (χ4n) is 2.24. The molecule has 0 radical (unpaired) electrons. The molecule has 0 rings (SSSR count). The molecule has 4 unspecified atom stereocenters. The zero-order valence-corrected chi connectivity index (χ0v) is 18.1. The lowest BCUT2D eigenvalue weighted by molar-refractivity contribution is -0.143. The number of primary amides is 1. The monoisotopic (exact) mass is 463 g/mol. The fraction of sp³-hybridized carbons (Fsp3) is 0.647. The van der Waals surface area contributed by atoms with Gasteiger partial charge in [0.05, 0.1) is 12.5 Å². The summed E-state index contributed by atoms with van der Waals surface area (Å²) >= 11 is 3.94. The molecule has 0 aliphatic rings. The van der Waals surface area contributed by atoms with E-state index < -0.39 is 66.2 Å². The molecule has 0 heterocycles. The lowest BCUT2D eigenvalue weighted by Gasteiger charge is -2.24. The van der Waals surface area contributed by atoms with E-state index in [4.69, 9.17) is 21.7 Å². The number of hydrogen-bond acceptors (Lipinski definition) is 8. The summed E-state index contributed by atoms with van der Waals surface area (Å²) in [6, 6.07) is -5.32. The maximum atomic E-state index is 12.5. The predicted octanol–water partition coefficient (Wildman–Crippen LogP) is -2.82. The number of nitrogens with two attached hydrogens (primary N) is 2. The highest BCUT2D eigenvalue weighted by atomic mass is 32.1. The van der Waals surface area contributed by atoms with Crippen LogP contribution in [0.5, 0.6) is 0 Å². The molecule has 0 aromatic carbocycles. The SMILES string of the molecule is CC(C)C(N)C(=O)NC(CC(=O)O)C(=O)NC(CS)C(=O)NC(CCC(N)=O)C(=O)O. The summed E-state index contributed by atoms with van der Waals surface area (Å²) in [4.78, 5) is 70.1. The van der Waals surface area contributed by atoms with Gasteiger partial charge >= 0.3 is 11.9 Å². The number of nitrogens with one attached hydrogen (secondary N) is 3. The van der Waals surface area contributed by atoms with E-state index >= 15 is 0 Å². The van der Waals surface area contributed by atoms with Crippen LogP contribution in [0.1, 0.15) is 33.1 Å². The summed E-state index contributed by atoms with van der Waals surface area (Å²) in [5.74, 6) is -6.78. The van der Waals surface area contributed by atoms with Gasteiger partial charge < -0.3 is 37.6 Å². The first kappa shape index (κ1) is 28.1. The molecule has 4 atom stereocenters. The molecule has 14 heteroatoms. The molecule has 0 saturated carbocycles. The van der Waals surface area contributed by atoms with Crippen LogP contribution in [0, 0.1) is 5.92 Å². The molecule has 4 amide bonds. The van der Waals surface area contributed by atoms with Crippen LogP contribution >= 0.6 is 12.6 Å². The minimum Gasteiger partial charge on any atom is -0.481 e. The molecular weight excluding hydrogens is 434 g/mol. The zero-order valence-electron chi connectivity index (χ0n) is 17.2. The quantitative estimate of drug-likeness (QED) is 0.124. The van der Waals surface area contributed by atoms with Crippen molar-refractivity contribution in [1.82, 2.24) is 16.0 Å². The summed E-state index contributed by atoms with van der Waals surface area (Å²) in [7, 11) is 0. The standard InChI is InChI=1S/C17H29N5O8S/c1-7(2)13(19)16(28)21-9(5-12(24)25)14(26)22-10(6-31)15(27)20-8(17(29)30)3-4-11(18)23/h7-10,13,31H,3-6,19H2,1-2H3,(H2,18,23)(H,20,27)(H,21,28)(H,22,26)(H,24,25)(H,29,30). The Morgan fingerprint density at radius 2 is 1.35 bits per heavy atom. The first-order valence-corrected chi connectivity index (χ1v) is 9.93. The molecule has 13 nitrogen and oxygen atoms in total. The Morgan fingerprint density at radius 1 is 0.871 bits per heavy atom. The highest BCUT2D eigenvalue weighted by Gasteiger charge is 2.31. The van der Waals surface area contributed by atoms with E-state index in [9.17, 15) is 28.8 Å². The third-order valence-corrected chi connectivity index (χ3v) is 4.51. The minimum atomic E-state index is -1.53. The Bertz CT molecular complexity index is 702. The molecule has 0 aliphatic carbocycles. The molecule has 0 aromatic heterocycles. The third-order valence-electron chi connectivity index (χ3n) is 4.14. The van der Waals surface area contributed by atoms with Crippen molar-refractivity contribution in [1.29, 1.82) is 0 Å². The van der Waals surface area contributed by atoms with Gasteiger partial charge in [-0.15, -0.1) is 0 Å². The number of amides is 4. The molecule has 31 heavy (non-hydrogen) atoms. The van der Waals surface area contributed by atoms with Gasteiger partial charge in [-0.1, -0.05) is 13.8 Å². The van der Waals surface area contributed by atoms with E-state index in [2.05, 4.69) is 28.6 Å². The third kappa shape index (κ3) is 10.6. The van der Waals surface area contributed by atoms with Crippen LogP contribution in [-0.4, -0.2) is 75.7 Å².